The molecular formula is C15H25NO2. The van der Waals surface area contributed by atoms with Gasteiger partial charge >= 0.3 is 0 Å². The zero-order chi connectivity index (χ0) is 13.5. The molecule has 3 nitrogen and oxygen atoms in total. The van der Waals surface area contributed by atoms with Crippen LogP contribution in [0.1, 0.15) is 39.5 Å². The van der Waals surface area contributed by atoms with E-state index in [1.54, 1.807) is 6.92 Å². The number of hydrogen-bond acceptors (Lipinski definition) is 2. The van der Waals surface area contributed by atoms with Gasteiger partial charge in [-0.2, -0.15) is 0 Å². The van der Waals surface area contributed by atoms with E-state index >= 15 is 0 Å². The lowest BCUT2D eigenvalue weighted by atomic mass is 9.82. The molecule has 18 heavy (non-hydrogen) atoms. The van der Waals surface area contributed by atoms with Crippen molar-refractivity contribution in [3.8, 4) is 0 Å². The van der Waals surface area contributed by atoms with Crippen LogP contribution in [0.4, 0.5) is 0 Å². The summed E-state index contributed by atoms with van der Waals surface area (Å²) in [5.74, 6) is 2.03. The molecule has 0 heterocycles. The highest BCUT2D eigenvalue weighted by Crippen LogP contribution is 2.29. The van der Waals surface area contributed by atoms with E-state index in [0.717, 1.165) is 18.7 Å². The third-order valence-corrected chi connectivity index (χ3v) is 3.58. The van der Waals surface area contributed by atoms with E-state index in [0.29, 0.717) is 17.6 Å². The van der Waals surface area contributed by atoms with Gasteiger partial charge < -0.3 is 10.1 Å². The van der Waals surface area contributed by atoms with Crippen LogP contribution >= 0.6 is 0 Å². The van der Waals surface area contributed by atoms with Gasteiger partial charge in [0.2, 0.25) is 5.91 Å². The topological polar surface area (TPSA) is 38.3 Å². The lowest BCUT2D eigenvalue weighted by molar-refractivity contribution is -0.119. The lowest BCUT2D eigenvalue weighted by Gasteiger charge is -2.28. The second kappa shape index (κ2) is 7.24. The van der Waals surface area contributed by atoms with Crippen molar-refractivity contribution in [1.29, 1.82) is 0 Å². The van der Waals surface area contributed by atoms with Crippen molar-refractivity contribution in [2.45, 2.75) is 39.5 Å². The van der Waals surface area contributed by atoms with Crippen molar-refractivity contribution >= 4 is 5.91 Å². The van der Waals surface area contributed by atoms with Gasteiger partial charge in [-0.1, -0.05) is 13.2 Å². The minimum Gasteiger partial charge on any atom is -0.494 e. The normalized spacial score (nSPS) is 23.2. The number of ether oxygens (including phenoxy) is 1. The summed E-state index contributed by atoms with van der Waals surface area (Å²) in [6, 6.07) is 0. The van der Waals surface area contributed by atoms with Crippen LogP contribution in [-0.2, 0) is 9.53 Å². The predicted molar refractivity (Wildman–Crippen MR) is 74.0 cm³/mol. The summed E-state index contributed by atoms with van der Waals surface area (Å²) >= 11 is 0. The zero-order valence-corrected chi connectivity index (χ0v) is 11.6. The van der Waals surface area contributed by atoms with Crippen LogP contribution in [0.15, 0.2) is 24.5 Å². The van der Waals surface area contributed by atoms with E-state index in [2.05, 4.69) is 18.5 Å². The number of carbonyl (C=O) groups is 1. The van der Waals surface area contributed by atoms with Crippen LogP contribution in [0.3, 0.4) is 0 Å². The second-order valence-corrected chi connectivity index (χ2v) is 5.34. The predicted octanol–water partition coefficient (Wildman–Crippen LogP) is 3.04. The van der Waals surface area contributed by atoms with Gasteiger partial charge in [0, 0.05) is 13.5 Å². The summed E-state index contributed by atoms with van der Waals surface area (Å²) < 4.78 is 5.61. The first kappa shape index (κ1) is 14.8. The van der Waals surface area contributed by atoms with Crippen LogP contribution in [0, 0.1) is 11.8 Å². The molecule has 1 amide bonds. The highest BCUT2D eigenvalue weighted by Gasteiger charge is 2.21. The number of rotatable bonds is 6. The maximum absolute atomic E-state index is 10.8. The minimum absolute atomic E-state index is 0.0678. The number of allylic oxidation sites excluding steroid dienone is 1. The first-order chi connectivity index (χ1) is 8.49. The number of carbonyl (C=O) groups excluding carboxylic acids is 1. The fourth-order valence-corrected chi connectivity index (χ4v) is 2.23. The average molecular weight is 251 g/mol. The van der Waals surface area contributed by atoms with E-state index in [-0.39, 0.29) is 5.91 Å². The van der Waals surface area contributed by atoms with E-state index in [1.165, 1.54) is 25.7 Å². The van der Waals surface area contributed by atoms with E-state index in [4.69, 9.17) is 4.74 Å². The molecule has 0 radical (unpaired) electrons. The molecule has 1 saturated carbocycles. The number of hydrogen-bond donors (Lipinski definition) is 1. The lowest BCUT2D eigenvalue weighted by Crippen LogP contribution is -2.30. The molecule has 0 unspecified atom stereocenters. The molecule has 0 aromatic heterocycles. The van der Waals surface area contributed by atoms with Gasteiger partial charge in [0.1, 0.15) is 5.76 Å². The number of amides is 1. The summed E-state index contributed by atoms with van der Waals surface area (Å²) in [4.78, 5) is 10.8. The van der Waals surface area contributed by atoms with Crippen molar-refractivity contribution in [2.24, 2.45) is 11.8 Å². The minimum atomic E-state index is 0.0678. The largest absolute Gasteiger partial charge is 0.494 e. The Morgan fingerprint density at radius 3 is 2.22 bits per heavy atom. The Morgan fingerprint density at radius 1 is 1.17 bits per heavy atom. The second-order valence-electron chi connectivity index (χ2n) is 5.34. The van der Waals surface area contributed by atoms with Crippen LogP contribution in [0.25, 0.3) is 0 Å². The molecule has 0 atom stereocenters. The Hall–Kier alpha value is -1.25. The van der Waals surface area contributed by atoms with Crippen LogP contribution in [-0.4, -0.2) is 19.1 Å². The van der Waals surface area contributed by atoms with Crippen molar-refractivity contribution in [1.82, 2.24) is 5.32 Å². The van der Waals surface area contributed by atoms with Crippen molar-refractivity contribution in [3.63, 3.8) is 0 Å². The molecule has 1 rings (SSSR count). The molecule has 102 valence electrons. The molecule has 0 aromatic carbocycles. The van der Waals surface area contributed by atoms with Gasteiger partial charge in [-0.15, -0.1) is 0 Å². The average Bonchev–Trinajstić information content (AvgIpc) is 2.34. The van der Waals surface area contributed by atoms with E-state index in [9.17, 15) is 4.79 Å². The third kappa shape index (κ3) is 5.39. The number of nitrogens with one attached hydrogen (secondary N) is 1. The summed E-state index contributed by atoms with van der Waals surface area (Å²) in [5.41, 5.74) is 0.898. The Kier molecular flexibility index (Phi) is 5.96. The zero-order valence-electron chi connectivity index (χ0n) is 11.6. The van der Waals surface area contributed by atoms with Crippen molar-refractivity contribution < 1.29 is 9.53 Å². The van der Waals surface area contributed by atoms with Gasteiger partial charge in [0.15, 0.2) is 0 Å². The van der Waals surface area contributed by atoms with Gasteiger partial charge in [0.25, 0.3) is 0 Å². The quantitative estimate of drug-likeness (QED) is 0.582. The van der Waals surface area contributed by atoms with Gasteiger partial charge in [-0.05, 0) is 50.0 Å². The van der Waals surface area contributed by atoms with Crippen LogP contribution < -0.4 is 5.32 Å². The molecule has 1 aliphatic carbocycles. The molecule has 0 aromatic rings. The SMILES string of the molecule is C=C(C)C(=C)OCC1CCC(CNC(C)=O)CC1. The standard InChI is InChI=1S/C15H25NO2/c1-11(2)12(3)18-10-15-7-5-14(6-8-15)9-16-13(4)17/h14-15H,1,3,5-10H2,2,4H3,(H,16,17). The van der Waals surface area contributed by atoms with Crippen molar-refractivity contribution in [3.05, 3.63) is 24.5 Å². The molecule has 3 heteroatoms. The van der Waals surface area contributed by atoms with Gasteiger partial charge in [-0.25, -0.2) is 0 Å². The van der Waals surface area contributed by atoms with Crippen molar-refractivity contribution in [2.75, 3.05) is 13.2 Å². The van der Waals surface area contributed by atoms with Gasteiger partial charge in [-0.3, -0.25) is 4.79 Å². The fourth-order valence-electron chi connectivity index (χ4n) is 2.23. The summed E-state index contributed by atoms with van der Waals surface area (Å²) in [7, 11) is 0. The highest BCUT2D eigenvalue weighted by atomic mass is 16.5. The molecular weight excluding hydrogens is 226 g/mol. The molecule has 1 N–H and O–H groups in total. The van der Waals surface area contributed by atoms with E-state index in [1.807, 2.05) is 6.92 Å². The third-order valence-electron chi connectivity index (χ3n) is 3.58. The summed E-state index contributed by atoms with van der Waals surface area (Å²) in [5, 5.41) is 2.90. The Balaban J connectivity index is 2.17. The van der Waals surface area contributed by atoms with Crippen LogP contribution in [0.5, 0.6) is 0 Å². The molecule has 0 aliphatic heterocycles. The summed E-state index contributed by atoms with van der Waals surface area (Å²) in [6.45, 7) is 12.7. The molecule has 0 spiro atoms. The van der Waals surface area contributed by atoms with Gasteiger partial charge in [0.05, 0.1) is 6.61 Å². The maximum Gasteiger partial charge on any atom is 0.216 e. The van der Waals surface area contributed by atoms with E-state index < -0.39 is 0 Å². The monoisotopic (exact) mass is 251 g/mol. The molecule has 0 bridgehead atoms. The smallest absolute Gasteiger partial charge is 0.216 e. The maximum atomic E-state index is 10.8. The van der Waals surface area contributed by atoms with Crippen LogP contribution in [0.2, 0.25) is 0 Å². The highest BCUT2D eigenvalue weighted by molar-refractivity contribution is 5.72. The molecule has 0 saturated heterocycles. The first-order valence-electron chi connectivity index (χ1n) is 6.71. The molecule has 1 fully saturated rings. The Morgan fingerprint density at radius 2 is 1.72 bits per heavy atom. The molecule has 1 aliphatic rings. The summed E-state index contributed by atoms with van der Waals surface area (Å²) in [6.07, 6.45) is 4.70. The Labute approximate surface area is 110 Å². The Bertz CT molecular complexity index is 314. The first-order valence-corrected chi connectivity index (χ1v) is 6.71. The fraction of sp³-hybridized carbons (Fsp3) is 0.667.